The molecule has 1 saturated heterocycles. The van der Waals surface area contributed by atoms with E-state index in [4.69, 9.17) is 0 Å². The molecule has 1 amide bonds. The molecule has 1 heterocycles. The summed E-state index contributed by atoms with van der Waals surface area (Å²) in [6, 6.07) is 0. The molecule has 4 nitrogen and oxygen atoms in total. The average molecular weight is 382 g/mol. The second kappa shape index (κ2) is 6.65. The lowest BCUT2D eigenvalue weighted by atomic mass is 9.68. The molecule has 5 heteroatoms. The van der Waals surface area contributed by atoms with Gasteiger partial charge < -0.3 is 0 Å². The maximum atomic E-state index is 13.5. The number of amides is 1. The fourth-order valence-electron chi connectivity index (χ4n) is 6.22. The zero-order valence-corrected chi connectivity index (χ0v) is 17.5. The minimum atomic E-state index is -3.53. The zero-order chi connectivity index (χ0) is 19.2. The summed E-state index contributed by atoms with van der Waals surface area (Å²) in [6.07, 6.45) is 11.0. The third-order valence-corrected chi connectivity index (χ3v) is 10.1. The van der Waals surface area contributed by atoms with Crippen molar-refractivity contribution in [2.45, 2.75) is 90.5 Å². The maximum absolute atomic E-state index is 13.5. The number of allylic oxidation sites excluding steroid dienone is 1. The van der Waals surface area contributed by atoms with Crippen molar-refractivity contribution < 1.29 is 13.2 Å². The number of sulfonamides is 1. The van der Waals surface area contributed by atoms with E-state index in [0.29, 0.717) is 6.42 Å². The van der Waals surface area contributed by atoms with Gasteiger partial charge in [0.15, 0.2) is 0 Å². The van der Waals surface area contributed by atoms with Crippen LogP contribution in [0.3, 0.4) is 0 Å². The van der Waals surface area contributed by atoms with Crippen LogP contribution in [-0.4, -0.2) is 29.9 Å². The Morgan fingerprint density at radius 2 is 1.81 bits per heavy atom. The summed E-state index contributed by atoms with van der Waals surface area (Å²) in [5.74, 6) is -0.262. The first-order valence-corrected chi connectivity index (χ1v) is 12.0. The number of carbonyl (C=O) groups excluding carboxylic acids is 1. The van der Waals surface area contributed by atoms with Crippen LogP contribution in [0.1, 0.15) is 85.0 Å². The fourth-order valence-corrected chi connectivity index (χ4v) is 9.07. The normalized spacial score (nSPS) is 34.7. The summed E-state index contributed by atoms with van der Waals surface area (Å²) in [4.78, 5) is 13.5. The van der Waals surface area contributed by atoms with Crippen LogP contribution >= 0.6 is 0 Å². The van der Waals surface area contributed by atoms with Crippen LogP contribution in [0.2, 0.25) is 0 Å². The Hall–Kier alpha value is -0.840. The lowest BCUT2D eigenvalue weighted by Gasteiger charge is -2.53. The topological polar surface area (TPSA) is 54.5 Å². The first-order valence-electron chi connectivity index (χ1n) is 10.4. The summed E-state index contributed by atoms with van der Waals surface area (Å²) in [5.41, 5.74) is -0.746. The molecular weight excluding hydrogens is 346 g/mol. The highest BCUT2D eigenvalue weighted by molar-refractivity contribution is 7.89. The molecule has 3 fully saturated rings. The van der Waals surface area contributed by atoms with Crippen LogP contribution in [0.25, 0.3) is 0 Å². The summed E-state index contributed by atoms with van der Waals surface area (Å²) < 4.78 is 27.8. The lowest BCUT2D eigenvalue weighted by molar-refractivity contribution is -0.138. The summed E-state index contributed by atoms with van der Waals surface area (Å²) in [7, 11) is -3.53. The van der Waals surface area contributed by atoms with E-state index < -0.39 is 15.6 Å². The summed E-state index contributed by atoms with van der Waals surface area (Å²) in [6.45, 7) is 10.4. The molecule has 3 rings (SSSR count). The number of nitrogens with zero attached hydrogens (tertiary/aromatic N) is 1. The summed E-state index contributed by atoms with van der Waals surface area (Å²) >= 11 is 0. The monoisotopic (exact) mass is 381 g/mol. The number of rotatable bonds is 8. The first kappa shape index (κ1) is 19.9. The van der Waals surface area contributed by atoms with Gasteiger partial charge in [0, 0.05) is 5.92 Å². The second-order valence-electron chi connectivity index (χ2n) is 9.37. The van der Waals surface area contributed by atoms with Gasteiger partial charge in [0.2, 0.25) is 15.9 Å². The molecule has 148 valence electrons. The van der Waals surface area contributed by atoms with Gasteiger partial charge >= 0.3 is 0 Å². The highest BCUT2D eigenvalue weighted by atomic mass is 32.2. The average Bonchev–Trinajstić information content (AvgIpc) is 2.80. The van der Waals surface area contributed by atoms with Crippen molar-refractivity contribution in [3.8, 4) is 0 Å². The van der Waals surface area contributed by atoms with Gasteiger partial charge in [-0.05, 0) is 49.4 Å². The van der Waals surface area contributed by atoms with Crippen molar-refractivity contribution in [1.29, 1.82) is 0 Å². The van der Waals surface area contributed by atoms with Gasteiger partial charge in [-0.25, -0.2) is 12.7 Å². The third kappa shape index (κ3) is 2.60. The second-order valence-corrected chi connectivity index (χ2v) is 11.2. The van der Waals surface area contributed by atoms with Gasteiger partial charge in [-0.3, -0.25) is 4.79 Å². The molecule has 26 heavy (non-hydrogen) atoms. The van der Waals surface area contributed by atoms with Crippen LogP contribution in [-0.2, 0) is 14.8 Å². The van der Waals surface area contributed by atoms with Crippen molar-refractivity contribution in [2.24, 2.45) is 16.7 Å². The Bertz CT molecular complexity index is 671. The van der Waals surface area contributed by atoms with Crippen LogP contribution in [0.15, 0.2) is 12.7 Å². The molecule has 3 aliphatic rings. The third-order valence-electron chi connectivity index (χ3n) is 8.06. The largest absolute Gasteiger partial charge is 0.273 e. The van der Waals surface area contributed by atoms with Gasteiger partial charge in [0.05, 0.1) is 11.3 Å². The highest BCUT2D eigenvalue weighted by Gasteiger charge is 2.76. The molecule has 0 unspecified atom stereocenters. The van der Waals surface area contributed by atoms with E-state index in [2.05, 4.69) is 27.4 Å². The predicted molar refractivity (Wildman–Crippen MR) is 105 cm³/mol. The van der Waals surface area contributed by atoms with Crippen LogP contribution in [0.5, 0.6) is 0 Å². The van der Waals surface area contributed by atoms with E-state index in [1.54, 1.807) is 6.08 Å². The van der Waals surface area contributed by atoms with Crippen molar-refractivity contribution >= 4 is 15.9 Å². The molecule has 2 saturated carbocycles. The quantitative estimate of drug-likeness (QED) is 0.454. The molecule has 0 aromatic carbocycles. The standard InChI is InChI=1S/C21H35NO3S/c1-5-7-8-9-11-17(10-6-2)18(23)22-21-14-12-20(13-15-21,19(21,3)4)16-26(22,24)25/h6,17H,2,5,7-16H2,1,3-4H3/t17-,20?,21?/m1/s1. The van der Waals surface area contributed by atoms with Crippen molar-refractivity contribution in [1.82, 2.24) is 4.31 Å². The molecule has 2 aliphatic carbocycles. The lowest BCUT2D eigenvalue weighted by Crippen LogP contribution is -2.64. The number of hydrogen-bond acceptors (Lipinski definition) is 3. The smallest absolute Gasteiger partial charge is 0.240 e. The number of carbonyl (C=O) groups is 1. The molecular formula is C21H35NO3S. The van der Waals surface area contributed by atoms with E-state index >= 15 is 0 Å². The van der Waals surface area contributed by atoms with E-state index in [9.17, 15) is 13.2 Å². The van der Waals surface area contributed by atoms with E-state index in [-0.39, 0.29) is 28.4 Å². The first-order chi connectivity index (χ1) is 12.2. The van der Waals surface area contributed by atoms with Crippen molar-refractivity contribution in [3.63, 3.8) is 0 Å². The molecule has 0 N–H and O–H groups in total. The van der Waals surface area contributed by atoms with Gasteiger partial charge in [0.1, 0.15) is 0 Å². The Labute approximate surface area is 159 Å². The predicted octanol–water partition coefficient (Wildman–Crippen LogP) is 4.66. The van der Waals surface area contributed by atoms with E-state index in [0.717, 1.165) is 57.8 Å². The molecule has 0 spiro atoms. The number of hydrogen-bond donors (Lipinski definition) is 0. The fraction of sp³-hybridized carbons (Fsp3) is 0.857. The molecule has 2 bridgehead atoms. The molecule has 0 aromatic heterocycles. The minimum absolute atomic E-state index is 0.123. The van der Waals surface area contributed by atoms with Gasteiger partial charge in [-0.2, -0.15) is 0 Å². The molecule has 0 aromatic rings. The Morgan fingerprint density at radius 1 is 1.15 bits per heavy atom. The van der Waals surface area contributed by atoms with Crippen LogP contribution in [0, 0.1) is 16.7 Å². The van der Waals surface area contributed by atoms with E-state index in [1.165, 1.54) is 4.31 Å². The Balaban J connectivity index is 1.90. The molecule has 1 aliphatic heterocycles. The van der Waals surface area contributed by atoms with Crippen LogP contribution in [0.4, 0.5) is 0 Å². The van der Waals surface area contributed by atoms with Gasteiger partial charge in [-0.15, -0.1) is 6.58 Å². The van der Waals surface area contributed by atoms with Gasteiger partial charge in [-0.1, -0.05) is 52.5 Å². The SMILES string of the molecule is C=CC[C@H](CCCCCC)C(=O)N1C23CCC(CC2)(CS1(=O)=O)C3(C)C. The molecule has 0 radical (unpaired) electrons. The van der Waals surface area contributed by atoms with Crippen LogP contribution < -0.4 is 0 Å². The maximum Gasteiger partial charge on any atom is 0.240 e. The van der Waals surface area contributed by atoms with Gasteiger partial charge in [0.25, 0.3) is 0 Å². The van der Waals surface area contributed by atoms with E-state index in [1.807, 2.05) is 0 Å². The Kier molecular flexibility index (Phi) is 5.09. The zero-order valence-electron chi connectivity index (χ0n) is 16.7. The summed E-state index contributed by atoms with van der Waals surface area (Å²) in [5, 5.41) is 0. The van der Waals surface area contributed by atoms with Crippen molar-refractivity contribution in [3.05, 3.63) is 12.7 Å². The van der Waals surface area contributed by atoms with Crippen molar-refractivity contribution in [2.75, 3.05) is 5.75 Å². The minimum Gasteiger partial charge on any atom is -0.273 e. The Morgan fingerprint density at radius 3 is 2.38 bits per heavy atom. The molecule has 1 atom stereocenters. The number of unbranched alkanes of at least 4 members (excludes halogenated alkanes) is 3. The highest BCUT2D eigenvalue weighted by Crippen LogP contribution is 2.73.